The molecule has 3 nitrogen and oxygen atoms in total. The summed E-state index contributed by atoms with van der Waals surface area (Å²) in [5, 5.41) is 8.10. The number of aryl methyl sites for hydroxylation is 1. The lowest BCUT2D eigenvalue weighted by Crippen LogP contribution is -2.26. The average Bonchev–Trinajstić information content (AvgIpc) is 2.84. The minimum absolute atomic E-state index is 0.451. The molecular formula is C17H24BrN3. The molecule has 0 radical (unpaired) electrons. The van der Waals surface area contributed by atoms with E-state index in [1.807, 2.05) is 17.9 Å². The number of benzene rings is 1. The van der Waals surface area contributed by atoms with Crippen LogP contribution in [-0.2, 0) is 13.5 Å². The Morgan fingerprint density at radius 2 is 1.86 bits per heavy atom. The lowest BCUT2D eigenvalue weighted by Gasteiger charge is -2.18. The Morgan fingerprint density at radius 1 is 1.14 bits per heavy atom. The van der Waals surface area contributed by atoms with Crippen molar-refractivity contribution in [3.8, 4) is 0 Å². The molecule has 2 aromatic rings. The van der Waals surface area contributed by atoms with Gasteiger partial charge in [0.25, 0.3) is 0 Å². The Bertz CT molecular complexity index is 545. The molecule has 1 N–H and O–H groups in total. The molecule has 0 aliphatic carbocycles. The second-order valence-electron chi connectivity index (χ2n) is 5.99. The van der Waals surface area contributed by atoms with E-state index in [0.717, 1.165) is 29.7 Å². The quantitative estimate of drug-likeness (QED) is 0.824. The highest BCUT2D eigenvalue weighted by molar-refractivity contribution is 9.10. The van der Waals surface area contributed by atoms with Crippen molar-refractivity contribution in [2.45, 2.75) is 26.2 Å². The lowest BCUT2D eigenvalue weighted by atomic mass is 9.94. The normalized spacial score (nSPS) is 12.8. The molecule has 0 fully saturated rings. The van der Waals surface area contributed by atoms with E-state index in [1.54, 1.807) is 0 Å². The van der Waals surface area contributed by atoms with Crippen molar-refractivity contribution in [1.29, 1.82) is 0 Å². The highest BCUT2D eigenvalue weighted by atomic mass is 79.9. The third-order valence-corrected chi connectivity index (χ3v) is 4.04. The summed E-state index contributed by atoms with van der Waals surface area (Å²) in [6.45, 7) is 6.51. The van der Waals surface area contributed by atoms with Gasteiger partial charge in [0, 0.05) is 30.2 Å². The summed E-state index contributed by atoms with van der Waals surface area (Å²) in [6, 6.07) is 10.7. The summed E-state index contributed by atoms with van der Waals surface area (Å²) in [5.41, 5.74) is 2.51. The van der Waals surface area contributed by atoms with Gasteiger partial charge < -0.3 is 5.32 Å². The minimum atomic E-state index is 0.451. The molecule has 0 spiro atoms. The van der Waals surface area contributed by atoms with E-state index >= 15 is 0 Å². The van der Waals surface area contributed by atoms with Crippen LogP contribution in [-0.4, -0.2) is 22.9 Å². The van der Waals surface area contributed by atoms with Crippen LogP contribution in [0, 0.1) is 5.92 Å². The van der Waals surface area contributed by atoms with E-state index in [0.29, 0.717) is 11.8 Å². The van der Waals surface area contributed by atoms with Gasteiger partial charge in [-0.05, 0) is 42.6 Å². The maximum Gasteiger partial charge on any atom is 0.0631 e. The molecule has 1 unspecified atom stereocenters. The van der Waals surface area contributed by atoms with Crippen molar-refractivity contribution in [1.82, 2.24) is 15.1 Å². The van der Waals surface area contributed by atoms with Gasteiger partial charge in [-0.15, -0.1) is 0 Å². The maximum atomic E-state index is 4.52. The van der Waals surface area contributed by atoms with Gasteiger partial charge in [0.2, 0.25) is 0 Å². The van der Waals surface area contributed by atoms with E-state index < -0.39 is 0 Å². The zero-order chi connectivity index (χ0) is 15.2. The van der Waals surface area contributed by atoms with Gasteiger partial charge in [0.15, 0.2) is 0 Å². The van der Waals surface area contributed by atoms with Crippen LogP contribution in [0.2, 0.25) is 0 Å². The minimum Gasteiger partial charge on any atom is -0.316 e. The first kappa shape index (κ1) is 16.2. The van der Waals surface area contributed by atoms with Crippen molar-refractivity contribution >= 4 is 15.9 Å². The highest BCUT2D eigenvalue weighted by Crippen LogP contribution is 2.22. The molecular weight excluding hydrogens is 326 g/mol. The summed E-state index contributed by atoms with van der Waals surface area (Å²) in [7, 11) is 1.97. The van der Waals surface area contributed by atoms with Crippen molar-refractivity contribution in [3.63, 3.8) is 0 Å². The van der Waals surface area contributed by atoms with Crippen LogP contribution in [0.25, 0.3) is 0 Å². The predicted octanol–water partition coefficient (Wildman–Crippen LogP) is 3.75. The van der Waals surface area contributed by atoms with Crippen LogP contribution in [0.4, 0.5) is 0 Å². The first-order chi connectivity index (χ1) is 10.0. The molecule has 4 heteroatoms. The summed E-state index contributed by atoms with van der Waals surface area (Å²) in [4.78, 5) is 0. The fourth-order valence-corrected chi connectivity index (χ4v) is 2.68. The van der Waals surface area contributed by atoms with Crippen LogP contribution >= 0.6 is 15.9 Å². The highest BCUT2D eigenvalue weighted by Gasteiger charge is 2.14. The van der Waals surface area contributed by atoms with E-state index in [4.69, 9.17) is 0 Å². The van der Waals surface area contributed by atoms with Crippen LogP contribution < -0.4 is 5.32 Å². The molecule has 1 aromatic heterocycles. The topological polar surface area (TPSA) is 29.9 Å². The molecule has 21 heavy (non-hydrogen) atoms. The van der Waals surface area contributed by atoms with E-state index in [2.05, 4.69) is 70.5 Å². The third kappa shape index (κ3) is 5.29. The summed E-state index contributed by atoms with van der Waals surface area (Å²) < 4.78 is 2.99. The Hall–Kier alpha value is -1.13. The van der Waals surface area contributed by atoms with Crippen LogP contribution in [0.3, 0.4) is 0 Å². The number of halogens is 1. The summed E-state index contributed by atoms with van der Waals surface area (Å²) in [6.07, 6.45) is 2.98. The summed E-state index contributed by atoms with van der Waals surface area (Å²) in [5.74, 6) is 1.12. The number of nitrogens with one attached hydrogen (secondary N) is 1. The van der Waals surface area contributed by atoms with Gasteiger partial charge in [-0.25, -0.2) is 0 Å². The molecule has 0 bridgehead atoms. The van der Waals surface area contributed by atoms with E-state index in [9.17, 15) is 0 Å². The number of hydrogen-bond acceptors (Lipinski definition) is 2. The van der Waals surface area contributed by atoms with Crippen molar-refractivity contribution in [2.75, 3.05) is 13.1 Å². The number of aromatic nitrogens is 2. The molecule has 1 heterocycles. The average molecular weight is 350 g/mol. The van der Waals surface area contributed by atoms with Crippen LogP contribution in [0.1, 0.15) is 31.0 Å². The molecule has 0 amide bonds. The van der Waals surface area contributed by atoms with Crippen molar-refractivity contribution in [3.05, 3.63) is 52.3 Å². The van der Waals surface area contributed by atoms with Gasteiger partial charge in [0.1, 0.15) is 0 Å². The maximum absolute atomic E-state index is 4.52. The number of rotatable bonds is 7. The fourth-order valence-electron chi connectivity index (χ4n) is 2.41. The van der Waals surface area contributed by atoms with Gasteiger partial charge in [0.05, 0.1) is 5.69 Å². The standard InChI is InChI=1S/C17H24BrN3/c1-13(2)11-19-12-15(10-17-8-9-21(3)20-17)14-4-6-16(18)7-5-14/h4-9,13,15,19H,10-12H2,1-3H3. The largest absolute Gasteiger partial charge is 0.316 e. The van der Waals surface area contributed by atoms with Crippen molar-refractivity contribution < 1.29 is 0 Å². The Morgan fingerprint density at radius 3 is 2.43 bits per heavy atom. The van der Waals surface area contributed by atoms with Gasteiger partial charge in [-0.1, -0.05) is 41.9 Å². The molecule has 0 aliphatic heterocycles. The fraction of sp³-hybridized carbons (Fsp3) is 0.471. The van der Waals surface area contributed by atoms with Gasteiger partial charge >= 0.3 is 0 Å². The van der Waals surface area contributed by atoms with Gasteiger partial charge in [-0.3, -0.25) is 4.68 Å². The molecule has 0 saturated carbocycles. The Labute approximate surface area is 135 Å². The smallest absolute Gasteiger partial charge is 0.0631 e. The van der Waals surface area contributed by atoms with Crippen LogP contribution in [0.5, 0.6) is 0 Å². The zero-order valence-electron chi connectivity index (χ0n) is 13.0. The molecule has 1 aromatic carbocycles. The molecule has 0 aliphatic rings. The molecule has 0 saturated heterocycles. The molecule has 114 valence electrons. The SMILES string of the molecule is CC(C)CNCC(Cc1ccn(C)n1)c1ccc(Br)cc1. The van der Waals surface area contributed by atoms with E-state index in [-0.39, 0.29) is 0 Å². The van der Waals surface area contributed by atoms with Crippen molar-refractivity contribution in [2.24, 2.45) is 13.0 Å². The first-order valence-electron chi connectivity index (χ1n) is 7.49. The first-order valence-corrected chi connectivity index (χ1v) is 8.28. The number of hydrogen-bond donors (Lipinski definition) is 1. The predicted molar refractivity (Wildman–Crippen MR) is 91.5 cm³/mol. The Balaban J connectivity index is 2.07. The third-order valence-electron chi connectivity index (χ3n) is 3.51. The molecule has 1 atom stereocenters. The van der Waals surface area contributed by atoms with Gasteiger partial charge in [-0.2, -0.15) is 5.10 Å². The zero-order valence-corrected chi connectivity index (χ0v) is 14.6. The second-order valence-corrected chi connectivity index (χ2v) is 6.90. The Kier molecular flexibility index (Phi) is 6.00. The van der Waals surface area contributed by atoms with Crippen LogP contribution in [0.15, 0.2) is 41.0 Å². The second kappa shape index (κ2) is 7.76. The lowest BCUT2D eigenvalue weighted by molar-refractivity contribution is 0.511. The summed E-state index contributed by atoms with van der Waals surface area (Å²) >= 11 is 3.51. The molecule has 2 rings (SSSR count). The monoisotopic (exact) mass is 349 g/mol. The van der Waals surface area contributed by atoms with E-state index in [1.165, 1.54) is 5.56 Å². The number of nitrogens with zero attached hydrogens (tertiary/aromatic N) is 2.